The quantitative estimate of drug-likeness (QED) is 0.777. The van der Waals surface area contributed by atoms with Gasteiger partial charge in [0.05, 0.1) is 17.4 Å². The maximum atomic E-state index is 12.2. The van der Waals surface area contributed by atoms with Gasteiger partial charge in [-0.1, -0.05) is 24.3 Å². The lowest BCUT2D eigenvalue weighted by atomic mass is 10.1. The Bertz CT molecular complexity index is 751. The molecule has 19 heavy (non-hydrogen) atoms. The van der Waals surface area contributed by atoms with Crippen LogP contribution in [0.2, 0.25) is 0 Å². The van der Waals surface area contributed by atoms with Crippen LogP contribution in [0.5, 0.6) is 0 Å². The minimum atomic E-state index is -0.126. The number of nitrogens with zero attached hydrogens (tertiary/aromatic N) is 2. The van der Waals surface area contributed by atoms with Crippen LogP contribution >= 0.6 is 11.7 Å². The molecule has 0 saturated heterocycles. The minimum Gasteiger partial charge on any atom is -0.320 e. The molecule has 2 aromatic carbocycles. The molecule has 0 aliphatic carbocycles. The third-order valence-electron chi connectivity index (χ3n) is 2.92. The van der Waals surface area contributed by atoms with E-state index in [2.05, 4.69) is 14.1 Å². The zero-order valence-corrected chi connectivity index (χ0v) is 11.1. The van der Waals surface area contributed by atoms with Gasteiger partial charge in [-0.05, 0) is 30.7 Å². The Morgan fingerprint density at radius 3 is 2.79 bits per heavy atom. The molecule has 94 valence electrons. The molecule has 0 aliphatic rings. The van der Waals surface area contributed by atoms with Crippen LogP contribution in [0, 0.1) is 6.92 Å². The van der Waals surface area contributed by atoms with Gasteiger partial charge in [0.25, 0.3) is 5.91 Å². The summed E-state index contributed by atoms with van der Waals surface area (Å²) in [6, 6.07) is 13.1. The number of fused-ring (bicyclic) bond motifs is 1. The van der Waals surface area contributed by atoms with E-state index in [9.17, 15) is 4.79 Å². The topological polar surface area (TPSA) is 54.9 Å². The van der Waals surface area contributed by atoms with Crippen molar-refractivity contribution in [3.8, 4) is 0 Å². The van der Waals surface area contributed by atoms with Crippen molar-refractivity contribution in [2.24, 2.45) is 0 Å². The van der Waals surface area contributed by atoms with Gasteiger partial charge in [0.1, 0.15) is 11.0 Å². The minimum absolute atomic E-state index is 0.126. The molecule has 0 aliphatic heterocycles. The summed E-state index contributed by atoms with van der Waals surface area (Å²) in [6.07, 6.45) is 0. The highest BCUT2D eigenvalue weighted by molar-refractivity contribution is 7.00. The Hall–Kier alpha value is -2.27. The van der Waals surface area contributed by atoms with Crippen LogP contribution < -0.4 is 5.32 Å². The summed E-state index contributed by atoms with van der Waals surface area (Å²) in [6.45, 7) is 1.92. The van der Waals surface area contributed by atoms with E-state index in [-0.39, 0.29) is 5.91 Å². The normalized spacial score (nSPS) is 10.6. The lowest BCUT2D eigenvalue weighted by Crippen LogP contribution is -2.13. The molecule has 5 heteroatoms. The lowest BCUT2D eigenvalue weighted by Gasteiger charge is -2.07. The van der Waals surface area contributed by atoms with Crippen LogP contribution in [0.4, 0.5) is 5.69 Å². The molecule has 4 nitrogen and oxygen atoms in total. The van der Waals surface area contributed by atoms with Gasteiger partial charge < -0.3 is 5.32 Å². The van der Waals surface area contributed by atoms with E-state index < -0.39 is 0 Å². The van der Waals surface area contributed by atoms with Gasteiger partial charge in [-0.2, -0.15) is 8.75 Å². The fraction of sp³-hybridized carbons (Fsp3) is 0.0714. The van der Waals surface area contributed by atoms with E-state index in [1.807, 2.05) is 49.4 Å². The van der Waals surface area contributed by atoms with Crippen molar-refractivity contribution >= 4 is 34.4 Å². The van der Waals surface area contributed by atoms with Crippen molar-refractivity contribution in [2.45, 2.75) is 6.92 Å². The molecule has 0 bridgehead atoms. The molecule has 0 spiro atoms. The van der Waals surface area contributed by atoms with E-state index in [1.165, 1.54) is 0 Å². The van der Waals surface area contributed by atoms with Crippen molar-refractivity contribution in [3.63, 3.8) is 0 Å². The van der Waals surface area contributed by atoms with E-state index >= 15 is 0 Å². The standard InChI is InChI=1S/C14H11N3OS/c1-9-5-2-3-6-10(9)14(18)15-11-7-4-8-12-13(11)17-19-16-12/h2-8H,1H3,(H,15,18). The number of hydrogen-bond acceptors (Lipinski definition) is 4. The van der Waals surface area contributed by atoms with E-state index in [0.29, 0.717) is 11.3 Å². The number of aryl methyl sites for hydroxylation is 1. The average Bonchev–Trinajstić information content (AvgIpc) is 2.88. The van der Waals surface area contributed by atoms with Gasteiger partial charge >= 0.3 is 0 Å². The fourth-order valence-corrected chi connectivity index (χ4v) is 2.47. The van der Waals surface area contributed by atoms with E-state index in [0.717, 1.165) is 28.3 Å². The van der Waals surface area contributed by atoms with Gasteiger partial charge in [0, 0.05) is 5.56 Å². The second kappa shape index (κ2) is 4.78. The van der Waals surface area contributed by atoms with Crippen LogP contribution in [0.15, 0.2) is 42.5 Å². The van der Waals surface area contributed by atoms with Crippen LogP contribution in [0.25, 0.3) is 11.0 Å². The zero-order valence-electron chi connectivity index (χ0n) is 10.3. The van der Waals surface area contributed by atoms with Crippen LogP contribution in [-0.4, -0.2) is 14.7 Å². The molecule has 3 rings (SSSR count). The fourth-order valence-electron chi connectivity index (χ4n) is 1.92. The largest absolute Gasteiger partial charge is 0.320 e. The molecular formula is C14H11N3OS. The highest BCUT2D eigenvalue weighted by atomic mass is 32.1. The Morgan fingerprint density at radius 1 is 1.11 bits per heavy atom. The summed E-state index contributed by atoms with van der Waals surface area (Å²) in [4.78, 5) is 12.2. The van der Waals surface area contributed by atoms with Gasteiger partial charge in [-0.25, -0.2) is 0 Å². The number of anilines is 1. The second-order valence-electron chi connectivity index (χ2n) is 4.21. The smallest absolute Gasteiger partial charge is 0.255 e. The number of hydrogen-bond donors (Lipinski definition) is 1. The summed E-state index contributed by atoms with van der Waals surface area (Å²) in [5, 5.41) is 2.89. The first-order chi connectivity index (χ1) is 9.25. The molecule has 0 unspecified atom stereocenters. The highest BCUT2D eigenvalue weighted by Crippen LogP contribution is 2.22. The van der Waals surface area contributed by atoms with Gasteiger partial charge in [0.15, 0.2) is 0 Å². The first-order valence-electron chi connectivity index (χ1n) is 5.84. The highest BCUT2D eigenvalue weighted by Gasteiger charge is 2.11. The SMILES string of the molecule is Cc1ccccc1C(=O)Nc1cccc2nsnc12. The number of carbonyl (C=O) groups excluding carboxylic acids is 1. The first-order valence-corrected chi connectivity index (χ1v) is 6.57. The third-order valence-corrected chi connectivity index (χ3v) is 3.47. The van der Waals surface area contributed by atoms with Crippen LogP contribution in [0.1, 0.15) is 15.9 Å². The molecule has 1 N–H and O–H groups in total. The summed E-state index contributed by atoms with van der Waals surface area (Å²) >= 11 is 1.14. The molecule has 0 fully saturated rings. The number of nitrogens with one attached hydrogen (secondary N) is 1. The Kier molecular flexibility index (Phi) is 2.97. The Balaban J connectivity index is 1.95. The van der Waals surface area contributed by atoms with Crippen molar-refractivity contribution in [2.75, 3.05) is 5.32 Å². The maximum Gasteiger partial charge on any atom is 0.255 e. The van der Waals surface area contributed by atoms with Crippen LogP contribution in [0.3, 0.4) is 0 Å². The van der Waals surface area contributed by atoms with Gasteiger partial charge in [-0.3, -0.25) is 4.79 Å². The predicted octanol–water partition coefficient (Wildman–Crippen LogP) is 3.25. The van der Waals surface area contributed by atoms with Gasteiger partial charge in [-0.15, -0.1) is 0 Å². The molecule has 1 heterocycles. The molecule has 1 amide bonds. The predicted molar refractivity (Wildman–Crippen MR) is 76.5 cm³/mol. The second-order valence-corrected chi connectivity index (χ2v) is 4.74. The molecular weight excluding hydrogens is 258 g/mol. The number of rotatable bonds is 2. The van der Waals surface area contributed by atoms with Crippen molar-refractivity contribution < 1.29 is 4.79 Å². The zero-order chi connectivity index (χ0) is 13.2. The molecule has 0 radical (unpaired) electrons. The van der Waals surface area contributed by atoms with Crippen molar-refractivity contribution in [3.05, 3.63) is 53.6 Å². The molecule has 3 aromatic rings. The monoisotopic (exact) mass is 269 g/mol. The summed E-state index contributed by atoms with van der Waals surface area (Å²) in [5.41, 5.74) is 3.84. The number of amides is 1. The van der Waals surface area contributed by atoms with E-state index in [1.54, 1.807) is 0 Å². The van der Waals surface area contributed by atoms with Gasteiger partial charge in [0.2, 0.25) is 0 Å². The maximum absolute atomic E-state index is 12.2. The lowest BCUT2D eigenvalue weighted by molar-refractivity contribution is 0.102. The van der Waals surface area contributed by atoms with Crippen molar-refractivity contribution in [1.82, 2.24) is 8.75 Å². The van der Waals surface area contributed by atoms with Crippen LogP contribution in [-0.2, 0) is 0 Å². The number of benzene rings is 2. The molecule has 0 atom stereocenters. The summed E-state index contributed by atoms with van der Waals surface area (Å²) < 4.78 is 8.36. The Labute approximate surface area is 114 Å². The summed E-state index contributed by atoms with van der Waals surface area (Å²) in [5.74, 6) is -0.126. The molecule has 0 saturated carbocycles. The first kappa shape index (κ1) is 11.8. The summed E-state index contributed by atoms with van der Waals surface area (Å²) in [7, 11) is 0. The third kappa shape index (κ3) is 2.20. The Morgan fingerprint density at radius 2 is 1.95 bits per heavy atom. The van der Waals surface area contributed by atoms with E-state index in [4.69, 9.17) is 0 Å². The average molecular weight is 269 g/mol. The number of aromatic nitrogens is 2. The molecule has 1 aromatic heterocycles. The number of carbonyl (C=O) groups is 1. The van der Waals surface area contributed by atoms with Crippen molar-refractivity contribution in [1.29, 1.82) is 0 Å².